The van der Waals surface area contributed by atoms with Gasteiger partial charge in [0.25, 0.3) is 11.2 Å². The zero-order chi connectivity index (χ0) is 29.7. The average Bonchev–Trinajstić information content (AvgIpc) is 3.24. The molecule has 1 fully saturated rings. The number of aliphatic hydroxyl groups excluding tert-OH is 1. The van der Waals surface area contributed by atoms with Gasteiger partial charge >= 0.3 is 19.4 Å². The molecule has 1 saturated heterocycles. The minimum Gasteiger partial charge on any atom is -0.465 e. The predicted octanol–water partition coefficient (Wildman–Crippen LogP) is 2.59. The molecule has 3 rings (SSSR count). The minimum absolute atomic E-state index is 0.0546. The van der Waals surface area contributed by atoms with Gasteiger partial charge in [-0.1, -0.05) is 15.9 Å². The summed E-state index contributed by atoms with van der Waals surface area (Å²) in [6.07, 6.45) is -0.638. The molecule has 17 heteroatoms. The monoisotopic (exact) mass is 646 g/mol. The fraction of sp³-hybridized carbons (Fsp3) is 0.435. The first kappa shape index (κ1) is 31.4. The molecule has 3 N–H and O–H groups in total. The number of non-ortho nitro benzene ring substituents is 1. The number of nitrogens with zero attached hydrogens (tertiary/aromatic N) is 2. The molecule has 4 atom stereocenters. The second kappa shape index (κ2) is 13.0. The van der Waals surface area contributed by atoms with Crippen molar-refractivity contribution in [3.63, 3.8) is 0 Å². The van der Waals surface area contributed by atoms with Crippen LogP contribution in [0.3, 0.4) is 0 Å². The highest BCUT2D eigenvalue weighted by Crippen LogP contribution is 2.47. The number of aromatic nitrogens is 2. The van der Waals surface area contributed by atoms with E-state index in [1.807, 2.05) is 0 Å². The van der Waals surface area contributed by atoms with Crippen LogP contribution >= 0.6 is 23.7 Å². The molecule has 0 radical (unpaired) electrons. The lowest BCUT2D eigenvalue weighted by molar-refractivity contribution is -0.384. The Morgan fingerprint density at radius 1 is 1.38 bits per heavy atom. The fourth-order valence-electron chi connectivity index (χ4n) is 3.66. The first-order chi connectivity index (χ1) is 18.8. The van der Waals surface area contributed by atoms with Crippen LogP contribution in [0.2, 0.25) is 0 Å². The van der Waals surface area contributed by atoms with E-state index >= 15 is 0 Å². The molecule has 0 saturated carbocycles. The highest BCUT2D eigenvalue weighted by molar-refractivity contribution is 9.11. The third kappa shape index (κ3) is 7.74. The van der Waals surface area contributed by atoms with Crippen molar-refractivity contribution in [1.29, 1.82) is 0 Å². The van der Waals surface area contributed by atoms with Crippen molar-refractivity contribution in [2.45, 2.75) is 51.2 Å². The normalized spacial score (nSPS) is 20.8. The molecule has 0 spiro atoms. The van der Waals surface area contributed by atoms with Gasteiger partial charge in [0.05, 0.1) is 29.8 Å². The van der Waals surface area contributed by atoms with Gasteiger partial charge in [0.15, 0.2) is 0 Å². The van der Waals surface area contributed by atoms with E-state index < -0.39 is 60.5 Å². The molecule has 2 heterocycles. The SMILES string of the molecule is CCOC(=O)C(C)(C)NP(=O)(OC[C@H]1O[C@@H](n2cc(/C=C/Br)c(=O)[nH]c2=O)CC1O)Oc1ccc([N+](=O)[O-])cc1. The van der Waals surface area contributed by atoms with E-state index in [2.05, 4.69) is 26.0 Å². The highest BCUT2D eigenvalue weighted by Gasteiger charge is 2.43. The number of hydrogen-bond acceptors (Lipinski definition) is 11. The maximum absolute atomic E-state index is 13.8. The topological polar surface area (TPSA) is 201 Å². The minimum atomic E-state index is -4.42. The number of aromatic amines is 1. The van der Waals surface area contributed by atoms with Gasteiger partial charge in [0, 0.05) is 24.8 Å². The molecule has 0 bridgehead atoms. The third-order valence-electron chi connectivity index (χ3n) is 5.64. The van der Waals surface area contributed by atoms with Crippen molar-refractivity contribution >= 4 is 41.4 Å². The predicted molar refractivity (Wildman–Crippen MR) is 145 cm³/mol. The van der Waals surface area contributed by atoms with Gasteiger partial charge in [0.1, 0.15) is 23.6 Å². The number of H-pyrrole nitrogens is 1. The van der Waals surface area contributed by atoms with Crippen LogP contribution in [0.15, 0.2) is 45.0 Å². The molecule has 1 aromatic carbocycles. The Hall–Kier alpha value is -3.14. The summed E-state index contributed by atoms with van der Waals surface area (Å²) < 4.78 is 36.8. The number of nitrogens with one attached hydrogen (secondary N) is 2. The molecule has 15 nitrogen and oxygen atoms in total. The summed E-state index contributed by atoms with van der Waals surface area (Å²) in [5.74, 6) is -0.826. The van der Waals surface area contributed by atoms with Crippen molar-refractivity contribution in [3.8, 4) is 5.75 Å². The molecule has 1 aliphatic rings. The maximum atomic E-state index is 13.8. The fourth-order valence-corrected chi connectivity index (χ4v) is 5.62. The van der Waals surface area contributed by atoms with Gasteiger partial charge in [0.2, 0.25) is 0 Å². The molecule has 0 amide bonds. The number of carbonyl (C=O) groups excluding carboxylic acids is 1. The molecule has 0 aliphatic carbocycles. The second-order valence-corrected chi connectivity index (χ2v) is 11.3. The Morgan fingerprint density at radius 3 is 2.65 bits per heavy atom. The van der Waals surface area contributed by atoms with Gasteiger partial charge in [-0.2, -0.15) is 5.09 Å². The summed E-state index contributed by atoms with van der Waals surface area (Å²) in [5.41, 5.74) is -3.02. The Balaban J connectivity index is 1.82. The molecule has 1 aromatic heterocycles. The second-order valence-electron chi connectivity index (χ2n) is 9.07. The number of ether oxygens (including phenoxy) is 2. The molecule has 2 unspecified atom stereocenters. The van der Waals surface area contributed by atoms with Crippen LogP contribution < -0.4 is 20.9 Å². The molecule has 40 heavy (non-hydrogen) atoms. The lowest BCUT2D eigenvalue weighted by Crippen LogP contribution is -2.47. The average molecular weight is 647 g/mol. The first-order valence-corrected chi connectivity index (χ1v) is 14.4. The summed E-state index contributed by atoms with van der Waals surface area (Å²) in [5, 5.41) is 24.1. The number of benzene rings is 1. The largest absolute Gasteiger partial charge is 0.465 e. The number of carbonyl (C=O) groups is 1. The van der Waals surface area contributed by atoms with Crippen LogP contribution in [-0.2, 0) is 23.4 Å². The number of nitro groups is 1. The highest BCUT2D eigenvalue weighted by atomic mass is 79.9. The zero-order valence-electron chi connectivity index (χ0n) is 21.6. The summed E-state index contributed by atoms with van der Waals surface area (Å²) in [7, 11) is -4.42. The van der Waals surface area contributed by atoms with Crippen molar-refractivity contribution in [3.05, 3.63) is 72.0 Å². The number of aliphatic hydroxyl groups is 1. The summed E-state index contributed by atoms with van der Waals surface area (Å²) >= 11 is 3.07. The first-order valence-electron chi connectivity index (χ1n) is 11.9. The van der Waals surface area contributed by atoms with E-state index in [1.54, 1.807) is 6.92 Å². The zero-order valence-corrected chi connectivity index (χ0v) is 24.1. The van der Waals surface area contributed by atoms with Crippen molar-refractivity contribution in [2.24, 2.45) is 0 Å². The Bertz CT molecular complexity index is 1420. The van der Waals surface area contributed by atoms with E-state index in [-0.39, 0.29) is 30.0 Å². The number of nitro benzene ring substituents is 1. The van der Waals surface area contributed by atoms with E-state index in [4.69, 9.17) is 18.5 Å². The van der Waals surface area contributed by atoms with Gasteiger partial charge in [-0.05, 0) is 44.0 Å². The molecular formula is C23H28BrN4O11P. The standard InChI is InChI=1S/C23H28BrN4O11P/c1-4-36-21(31)23(2,3)26-40(35,39-16-7-5-15(6-8-16)28(33)34)37-13-18-17(29)11-19(38-18)27-12-14(9-10-24)20(30)25-22(27)32/h5-10,12,17-19,29H,4,11,13H2,1-3H3,(H,26,35)(H,25,30,32)/b10-9+/t17?,18-,19-,40?/m1/s1. The quantitative estimate of drug-likeness (QED) is 0.132. The third-order valence-corrected chi connectivity index (χ3v) is 7.67. The molecule has 218 valence electrons. The lowest BCUT2D eigenvalue weighted by atomic mass is 10.1. The van der Waals surface area contributed by atoms with Crippen molar-refractivity contribution in [1.82, 2.24) is 14.6 Å². The van der Waals surface area contributed by atoms with Crippen molar-refractivity contribution < 1.29 is 37.9 Å². The van der Waals surface area contributed by atoms with Crippen LogP contribution in [0.4, 0.5) is 5.69 Å². The smallest absolute Gasteiger partial charge is 0.459 e. The van der Waals surface area contributed by atoms with E-state index in [1.165, 1.54) is 43.2 Å². The molecular weight excluding hydrogens is 619 g/mol. The van der Waals surface area contributed by atoms with Crippen LogP contribution in [0.1, 0.15) is 39.0 Å². The number of esters is 1. The Labute approximate surface area is 236 Å². The van der Waals surface area contributed by atoms with E-state index in [0.29, 0.717) is 0 Å². The van der Waals surface area contributed by atoms with Gasteiger partial charge in [-0.15, -0.1) is 0 Å². The lowest BCUT2D eigenvalue weighted by Gasteiger charge is -2.29. The summed E-state index contributed by atoms with van der Waals surface area (Å²) in [4.78, 5) is 50.7. The van der Waals surface area contributed by atoms with E-state index in [0.717, 1.165) is 16.7 Å². The van der Waals surface area contributed by atoms with Crippen LogP contribution in [0, 0.1) is 10.1 Å². The Kier molecular flexibility index (Phi) is 10.2. The van der Waals surface area contributed by atoms with E-state index in [9.17, 15) is 34.2 Å². The number of rotatable bonds is 12. The van der Waals surface area contributed by atoms with Crippen LogP contribution in [-0.4, -0.2) is 56.5 Å². The van der Waals surface area contributed by atoms with Crippen LogP contribution in [0.25, 0.3) is 6.08 Å². The van der Waals surface area contributed by atoms with Crippen LogP contribution in [0.5, 0.6) is 5.75 Å². The maximum Gasteiger partial charge on any atom is 0.459 e. The number of halogens is 1. The van der Waals surface area contributed by atoms with Gasteiger partial charge in [-0.25, -0.2) is 9.36 Å². The van der Waals surface area contributed by atoms with Gasteiger partial charge in [-0.3, -0.25) is 33.8 Å². The van der Waals surface area contributed by atoms with Gasteiger partial charge < -0.3 is 19.1 Å². The Morgan fingerprint density at radius 2 is 2.05 bits per heavy atom. The summed E-state index contributed by atoms with van der Waals surface area (Å²) in [6, 6.07) is 4.66. The molecule has 2 aromatic rings. The summed E-state index contributed by atoms with van der Waals surface area (Å²) in [6.45, 7) is 3.91. The molecule has 1 aliphatic heterocycles. The van der Waals surface area contributed by atoms with Crippen molar-refractivity contribution in [2.75, 3.05) is 13.2 Å². The number of hydrogen-bond donors (Lipinski definition) is 3.